The molecule has 1 aliphatic rings. The lowest BCUT2D eigenvalue weighted by Gasteiger charge is -2.37. The summed E-state index contributed by atoms with van der Waals surface area (Å²) in [6.45, 7) is 9.81. The van der Waals surface area contributed by atoms with E-state index in [1.54, 1.807) is 6.20 Å². The van der Waals surface area contributed by atoms with Gasteiger partial charge in [0.25, 0.3) is 5.91 Å². The van der Waals surface area contributed by atoms with Crippen LogP contribution in [0.5, 0.6) is 0 Å². The maximum Gasteiger partial charge on any atom is 0.253 e. The molecular formula is C20H26N4O. The van der Waals surface area contributed by atoms with E-state index in [1.165, 1.54) is 11.3 Å². The smallest absolute Gasteiger partial charge is 0.253 e. The first kappa shape index (κ1) is 17.3. The first-order valence-corrected chi connectivity index (χ1v) is 8.85. The largest absolute Gasteiger partial charge is 0.368 e. The molecule has 0 radical (unpaired) electrons. The Labute approximate surface area is 149 Å². The fourth-order valence-electron chi connectivity index (χ4n) is 3.12. The van der Waals surface area contributed by atoms with Gasteiger partial charge in [-0.1, -0.05) is 12.1 Å². The Hall–Kier alpha value is -2.56. The van der Waals surface area contributed by atoms with Gasteiger partial charge < -0.3 is 15.1 Å². The molecule has 0 unspecified atom stereocenters. The van der Waals surface area contributed by atoms with Crippen molar-refractivity contribution in [2.75, 3.05) is 36.0 Å². The van der Waals surface area contributed by atoms with Gasteiger partial charge in [-0.15, -0.1) is 0 Å². The lowest BCUT2D eigenvalue weighted by Crippen LogP contribution is -2.46. The molecule has 2 heterocycles. The number of nitrogens with one attached hydrogen (secondary N) is 1. The van der Waals surface area contributed by atoms with Crippen LogP contribution in [0.1, 0.15) is 29.8 Å². The molecule has 0 saturated carbocycles. The third-order valence-corrected chi connectivity index (χ3v) is 4.42. The average molecular weight is 338 g/mol. The van der Waals surface area contributed by atoms with Crippen LogP contribution in [0.4, 0.5) is 11.4 Å². The molecule has 0 bridgehead atoms. The molecule has 0 aliphatic carbocycles. The summed E-state index contributed by atoms with van der Waals surface area (Å²) in [4.78, 5) is 21.1. The number of hydrogen-bond donors (Lipinski definition) is 1. The molecule has 0 atom stereocenters. The molecule has 1 aromatic heterocycles. The zero-order valence-electron chi connectivity index (χ0n) is 15.2. The lowest BCUT2D eigenvalue weighted by molar-refractivity contribution is 0.0943. The minimum Gasteiger partial charge on any atom is -0.368 e. The fourth-order valence-corrected chi connectivity index (χ4v) is 3.12. The van der Waals surface area contributed by atoms with E-state index in [0.717, 1.165) is 31.9 Å². The van der Waals surface area contributed by atoms with Crippen LogP contribution in [0.15, 0.2) is 42.7 Å². The molecule has 132 valence electrons. The fraction of sp³-hybridized carbons (Fsp3) is 0.400. The number of carbonyl (C=O) groups excluding carboxylic acids is 1. The second-order valence-electron chi connectivity index (χ2n) is 6.87. The first-order valence-electron chi connectivity index (χ1n) is 8.85. The summed E-state index contributed by atoms with van der Waals surface area (Å²) in [7, 11) is 0. The van der Waals surface area contributed by atoms with Crippen LogP contribution in [0.3, 0.4) is 0 Å². The predicted octanol–water partition coefficient (Wildman–Crippen LogP) is 2.85. The minimum absolute atomic E-state index is 0.0669. The van der Waals surface area contributed by atoms with E-state index >= 15 is 0 Å². The van der Waals surface area contributed by atoms with E-state index in [4.69, 9.17) is 0 Å². The van der Waals surface area contributed by atoms with Gasteiger partial charge in [-0.25, -0.2) is 0 Å². The van der Waals surface area contributed by atoms with Crippen molar-refractivity contribution in [2.45, 2.75) is 26.8 Å². The Balaban J connectivity index is 1.66. The van der Waals surface area contributed by atoms with Gasteiger partial charge in [0, 0.05) is 44.1 Å². The monoisotopic (exact) mass is 338 g/mol. The van der Waals surface area contributed by atoms with E-state index in [0.29, 0.717) is 5.56 Å². The summed E-state index contributed by atoms with van der Waals surface area (Å²) in [5, 5.41) is 2.92. The van der Waals surface area contributed by atoms with E-state index in [-0.39, 0.29) is 11.9 Å². The maximum absolute atomic E-state index is 12.2. The number of benzene rings is 1. The SMILES string of the molecule is Cc1cccc(N2CCN(c3cncc(C(=O)NC(C)C)c3)CC2)c1. The van der Waals surface area contributed by atoms with Crippen LogP contribution in [0.25, 0.3) is 0 Å². The third kappa shape index (κ3) is 4.29. The summed E-state index contributed by atoms with van der Waals surface area (Å²) in [6.07, 6.45) is 3.47. The zero-order valence-corrected chi connectivity index (χ0v) is 15.2. The molecule has 25 heavy (non-hydrogen) atoms. The number of aryl methyl sites for hydroxylation is 1. The molecule has 1 aromatic carbocycles. The van der Waals surface area contributed by atoms with Crippen molar-refractivity contribution in [1.29, 1.82) is 0 Å². The summed E-state index contributed by atoms with van der Waals surface area (Å²) in [5.41, 5.74) is 4.20. The van der Waals surface area contributed by atoms with Gasteiger partial charge in [0.15, 0.2) is 0 Å². The molecule has 3 rings (SSSR count). The minimum atomic E-state index is -0.0669. The van der Waals surface area contributed by atoms with Crippen LogP contribution in [0.2, 0.25) is 0 Å². The van der Waals surface area contributed by atoms with Crippen LogP contribution in [0, 0.1) is 6.92 Å². The Morgan fingerprint density at radius 1 is 1.04 bits per heavy atom. The van der Waals surface area contributed by atoms with Gasteiger partial charge in [0.05, 0.1) is 17.4 Å². The van der Waals surface area contributed by atoms with Crippen molar-refractivity contribution in [2.24, 2.45) is 0 Å². The van der Waals surface area contributed by atoms with Crippen LogP contribution in [-0.4, -0.2) is 43.1 Å². The van der Waals surface area contributed by atoms with Crippen molar-refractivity contribution >= 4 is 17.3 Å². The summed E-state index contributed by atoms with van der Waals surface area (Å²) >= 11 is 0. The summed E-state index contributed by atoms with van der Waals surface area (Å²) < 4.78 is 0. The van der Waals surface area contributed by atoms with Crippen molar-refractivity contribution in [3.8, 4) is 0 Å². The van der Waals surface area contributed by atoms with E-state index < -0.39 is 0 Å². The molecule has 5 nitrogen and oxygen atoms in total. The predicted molar refractivity (Wildman–Crippen MR) is 102 cm³/mol. The lowest BCUT2D eigenvalue weighted by atomic mass is 10.1. The van der Waals surface area contributed by atoms with Crippen molar-refractivity contribution in [1.82, 2.24) is 10.3 Å². The van der Waals surface area contributed by atoms with Gasteiger partial charge >= 0.3 is 0 Å². The quantitative estimate of drug-likeness (QED) is 0.931. The van der Waals surface area contributed by atoms with Gasteiger partial charge in [0.1, 0.15) is 0 Å². The number of anilines is 2. The normalized spacial score (nSPS) is 14.7. The van der Waals surface area contributed by atoms with Crippen LogP contribution >= 0.6 is 0 Å². The molecular weight excluding hydrogens is 312 g/mol. The van der Waals surface area contributed by atoms with Crippen molar-refractivity contribution in [3.63, 3.8) is 0 Å². The van der Waals surface area contributed by atoms with Crippen LogP contribution < -0.4 is 15.1 Å². The second kappa shape index (κ2) is 7.55. The number of amides is 1. The average Bonchev–Trinajstić information content (AvgIpc) is 2.61. The van der Waals surface area contributed by atoms with Gasteiger partial charge in [-0.3, -0.25) is 9.78 Å². The zero-order chi connectivity index (χ0) is 17.8. The number of aromatic nitrogens is 1. The van der Waals surface area contributed by atoms with Crippen molar-refractivity contribution in [3.05, 3.63) is 53.9 Å². The highest BCUT2D eigenvalue weighted by Crippen LogP contribution is 2.21. The number of rotatable bonds is 4. The van der Waals surface area contributed by atoms with E-state index in [1.807, 2.05) is 26.1 Å². The van der Waals surface area contributed by atoms with Crippen LogP contribution in [-0.2, 0) is 0 Å². The van der Waals surface area contributed by atoms with Gasteiger partial charge in [-0.05, 0) is 44.5 Å². The molecule has 1 amide bonds. The van der Waals surface area contributed by atoms with E-state index in [9.17, 15) is 4.79 Å². The molecule has 1 saturated heterocycles. The molecule has 0 spiro atoms. The molecule has 1 N–H and O–H groups in total. The Morgan fingerprint density at radius 3 is 2.36 bits per heavy atom. The number of hydrogen-bond acceptors (Lipinski definition) is 4. The van der Waals surface area contributed by atoms with Gasteiger partial charge in [0.2, 0.25) is 0 Å². The second-order valence-corrected chi connectivity index (χ2v) is 6.87. The Bertz CT molecular complexity index is 736. The topological polar surface area (TPSA) is 48.5 Å². The molecule has 1 fully saturated rings. The third-order valence-electron chi connectivity index (χ3n) is 4.42. The summed E-state index contributed by atoms with van der Waals surface area (Å²) in [6, 6.07) is 10.7. The van der Waals surface area contributed by atoms with E-state index in [2.05, 4.69) is 51.3 Å². The highest BCUT2D eigenvalue weighted by atomic mass is 16.1. The standard InChI is InChI=1S/C20H26N4O/c1-15(2)22-20(25)17-12-19(14-21-13-17)24-9-7-23(8-10-24)18-6-4-5-16(3)11-18/h4-6,11-15H,7-10H2,1-3H3,(H,22,25). The molecule has 5 heteroatoms. The van der Waals surface area contributed by atoms with Gasteiger partial charge in [-0.2, -0.15) is 0 Å². The first-order chi connectivity index (χ1) is 12.0. The van der Waals surface area contributed by atoms with Crippen molar-refractivity contribution < 1.29 is 4.79 Å². The number of carbonyl (C=O) groups is 1. The maximum atomic E-state index is 12.2. The molecule has 1 aliphatic heterocycles. The highest BCUT2D eigenvalue weighted by Gasteiger charge is 2.19. The Morgan fingerprint density at radius 2 is 1.72 bits per heavy atom. The summed E-state index contributed by atoms with van der Waals surface area (Å²) in [5.74, 6) is -0.0669. The number of nitrogens with zero attached hydrogens (tertiary/aromatic N) is 3. The highest BCUT2D eigenvalue weighted by molar-refractivity contribution is 5.94. The Kier molecular flexibility index (Phi) is 5.22. The molecule has 2 aromatic rings. The number of piperazine rings is 1. The number of pyridine rings is 1.